The molecule has 1 aliphatic heterocycles. The van der Waals surface area contributed by atoms with Crippen LogP contribution in [0.25, 0.3) is 0 Å². The summed E-state index contributed by atoms with van der Waals surface area (Å²) in [5.41, 5.74) is 1.13. The number of rotatable bonds is 2. The summed E-state index contributed by atoms with van der Waals surface area (Å²) in [4.78, 5) is 13.7. The van der Waals surface area contributed by atoms with Crippen LogP contribution in [0.5, 0.6) is 0 Å². The molecule has 94 valence electrons. The Hall–Kier alpha value is -1.16. The quantitative estimate of drug-likeness (QED) is 0.780. The lowest BCUT2D eigenvalue weighted by atomic mass is 10.1. The van der Waals surface area contributed by atoms with Crippen molar-refractivity contribution in [3.05, 3.63) is 18.0 Å². The standard InChI is InChI=1S/C13H22N4/c1-10(2)12-5-6-14-13(15-12)17-8-7-16(4)11(3)9-17/h5-6,10-11H,7-9H2,1-4H3/t11-/m0/s1. The molecule has 1 saturated heterocycles. The van der Waals surface area contributed by atoms with Crippen LogP contribution in [-0.2, 0) is 0 Å². The Labute approximate surface area is 104 Å². The summed E-state index contributed by atoms with van der Waals surface area (Å²) in [6, 6.07) is 2.57. The van der Waals surface area contributed by atoms with E-state index in [0.717, 1.165) is 31.3 Å². The maximum absolute atomic E-state index is 4.65. The van der Waals surface area contributed by atoms with Gasteiger partial charge in [0, 0.05) is 37.6 Å². The summed E-state index contributed by atoms with van der Waals surface area (Å²) < 4.78 is 0. The Balaban J connectivity index is 2.14. The monoisotopic (exact) mass is 234 g/mol. The van der Waals surface area contributed by atoms with Crippen molar-refractivity contribution in [2.24, 2.45) is 0 Å². The molecule has 4 heteroatoms. The fraction of sp³-hybridized carbons (Fsp3) is 0.692. The van der Waals surface area contributed by atoms with Gasteiger partial charge >= 0.3 is 0 Å². The van der Waals surface area contributed by atoms with Crippen molar-refractivity contribution in [2.75, 3.05) is 31.6 Å². The molecule has 1 fully saturated rings. The Morgan fingerprint density at radius 1 is 1.35 bits per heavy atom. The summed E-state index contributed by atoms with van der Waals surface area (Å²) in [5.74, 6) is 1.35. The van der Waals surface area contributed by atoms with E-state index >= 15 is 0 Å². The number of likely N-dealkylation sites (N-methyl/N-ethyl adjacent to an activating group) is 1. The van der Waals surface area contributed by atoms with Crippen molar-refractivity contribution >= 4 is 5.95 Å². The van der Waals surface area contributed by atoms with Crippen LogP contribution in [0.1, 0.15) is 32.4 Å². The molecule has 1 aromatic rings. The Bertz CT molecular complexity index is 377. The van der Waals surface area contributed by atoms with Gasteiger partial charge < -0.3 is 9.80 Å². The lowest BCUT2D eigenvalue weighted by molar-refractivity contribution is 0.232. The zero-order chi connectivity index (χ0) is 12.4. The highest BCUT2D eigenvalue weighted by Crippen LogP contribution is 2.17. The molecule has 0 N–H and O–H groups in total. The van der Waals surface area contributed by atoms with E-state index < -0.39 is 0 Å². The van der Waals surface area contributed by atoms with Crippen molar-refractivity contribution in [1.29, 1.82) is 0 Å². The molecule has 1 atom stereocenters. The average molecular weight is 234 g/mol. The Kier molecular flexibility index (Phi) is 3.62. The van der Waals surface area contributed by atoms with Crippen LogP contribution >= 0.6 is 0 Å². The lowest BCUT2D eigenvalue weighted by Gasteiger charge is -2.37. The van der Waals surface area contributed by atoms with Gasteiger partial charge in [0.15, 0.2) is 0 Å². The molecule has 0 aromatic carbocycles. The van der Waals surface area contributed by atoms with E-state index in [2.05, 4.69) is 47.6 Å². The third kappa shape index (κ3) is 2.75. The van der Waals surface area contributed by atoms with Crippen molar-refractivity contribution in [1.82, 2.24) is 14.9 Å². The smallest absolute Gasteiger partial charge is 0.225 e. The van der Waals surface area contributed by atoms with E-state index in [4.69, 9.17) is 0 Å². The first-order valence-corrected chi connectivity index (χ1v) is 6.36. The minimum atomic E-state index is 0.460. The van der Waals surface area contributed by atoms with Crippen LogP contribution in [0.15, 0.2) is 12.3 Å². The molecular weight excluding hydrogens is 212 g/mol. The molecular formula is C13H22N4. The minimum absolute atomic E-state index is 0.460. The maximum Gasteiger partial charge on any atom is 0.225 e. The molecule has 0 unspecified atom stereocenters. The highest BCUT2D eigenvalue weighted by atomic mass is 15.3. The van der Waals surface area contributed by atoms with Gasteiger partial charge in [-0.25, -0.2) is 9.97 Å². The van der Waals surface area contributed by atoms with E-state index in [-0.39, 0.29) is 0 Å². The van der Waals surface area contributed by atoms with Gasteiger partial charge in [0.1, 0.15) is 0 Å². The molecule has 0 saturated carbocycles. The first-order valence-electron chi connectivity index (χ1n) is 6.36. The topological polar surface area (TPSA) is 32.3 Å². The fourth-order valence-electron chi connectivity index (χ4n) is 2.07. The van der Waals surface area contributed by atoms with E-state index in [1.54, 1.807) is 0 Å². The third-order valence-corrected chi connectivity index (χ3v) is 3.50. The third-order valence-electron chi connectivity index (χ3n) is 3.50. The predicted octanol–water partition coefficient (Wildman–Crippen LogP) is 1.74. The zero-order valence-corrected chi connectivity index (χ0v) is 11.2. The number of piperazine rings is 1. The normalized spacial score (nSPS) is 22.2. The molecule has 0 aliphatic carbocycles. The molecule has 4 nitrogen and oxygen atoms in total. The van der Waals surface area contributed by atoms with Crippen LogP contribution in [0.4, 0.5) is 5.95 Å². The highest BCUT2D eigenvalue weighted by Gasteiger charge is 2.22. The molecule has 2 rings (SSSR count). The Morgan fingerprint density at radius 2 is 2.12 bits per heavy atom. The van der Waals surface area contributed by atoms with Crippen molar-refractivity contribution in [2.45, 2.75) is 32.7 Å². The second-order valence-corrected chi connectivity index (χ2v) is 5.21. The molecule has 17 heavy (non-hydrogen) atoms. The van der Waals surface area contributed by atoms with Crippen LogP contribution in [0.3, 0.4) is 0 Å². The van der Waals surface area contributed by atoms with Crippen molar-refractivity contribution in [3.8, 4) is 0 Å². The van der Waals surface area contributed by atoms with Gasteiger partial charge in [-0.15, -0.1) is 0 Å². The number of hydrogen-bond acceptors (Lipinski definition) is 4. The van der Waals surface area contributed by atoms with Crippen molar-refractivity contribution < 1.29 is 0 Å². The summed E-state index contributed by atoms with van der Waals surface area (Å²) in [7, 11) is 2.17. The lowest BCUT2D eigenvalue weighted by Crippen LogP contribution is -2.50. The molecule has 0 radical (unpaired) electrons. The van der Waals surface area contributed by atoms with Gasteiger partial charge in [-0.3, -0.25) is 0 Å². The number of aromatic nitrogens is 2. The summed E-state index contributed by atoms with van der Waals surface area (Å²) in [5, 5.41) is 0. The number of hydrogen-bond donors (Lipinski definition) is 0. The van der Waals surface area contributed by atoms with Gasteiger partial charge in [-0.05, 0) is 26.0 Å². The summed E-state index contributed by atoms with van der Waals surface area (Å²) in [6.45, 7) is 9.69. The largest absolute Gasteiger partial charge is 0.338 e. The van der Waals surface area contributed by atoms with Gasteiger partial charge in [0.2, 0.25) is 5.95 Å². The van der Waals surface area contributed by atoms with Crippen LogP contribution in [0.2, 0.25) is 0 Å². The average Bonchev–Trinajstić information content (AvgIpc) is 2.33. The molecule has 0 amide bonds. The summed E-state index contributed by atoms with van der Waals surface area (Å²) in [6.07, 6.45) is 1.88. The van der Waals surface area contributed by atoms with Crippen molar-refractivity contribution in [3.63, 3.8) is 0 Å². The van der Waals surface area contributed by atoms with E-state index in [1.807, 2.05) is 12.3 Å². The maximum atomic E-state index is 4.65. The SMILES string of the molecule is CC(C)c1ccnc(N2CCN(C)[C@@H](C)C2)n1. The van der Waals surface area contributed by atoms with E-state index in [1.165, 1.54) is 0 Å². The second-order valence-electron chi connectivity index (χ2n) is 5.21. The fourth-order valence-corrected chi connectivity index (χ4v) is 2.07. The van der Waals surface area contributed by atoms with Gasteiger partial charge in [-0.1, -0.05) is 13.8 Å². The molecule has 1 aliphatic rings. The Morgan fingerprint density at radius 3 is 2.76 bits per heavy atom. The van der Waals surface area contributed by atoms with Crippen LogP contribution in [0, 0.1) is 0 Å². The minimum Gasteiger partial charge on any atom is -0.338 e. The highest BCUT2D eigenvalue weighted by molar-refractivity contribution is 5.32. The molecule has 1 aromatic heterocycles. The number of anilines is 1. The molecule has 0 spiro atoms. The molecule has 2 heterocycles. The second kappa shape index (κ2) is 5.00. The first kappa shape index (κ1) is 12.3. The van der Waals surface area contributed by atoms with Gasteiger partial charge in [0.05, 0.1) is 0 Å². The first-order chi connectivity index (χ1) is 8.08. The van der Waals surface area contributed by atoms with Crippen LogP contribution in [-0.4, -0.2) is 47.6 Å². The van der Waals surface area contributed by atoms with Gasteiger partial charge in [0.25, 0.3) is 0 Å². The predicted molar refractivity (Wildman–Crippen MR) is 70.4 cm³/mol. The zero-order valence-electron chi connectivity index (χ0n) is 11.2. The molecule has 0 bridgehead atoms. The van der Waals surface area contributed by atoms with E-state index in [0.29, 0.717) is 12.0 Å². The number of nitrogens with zero attached hydrogens (tertiary/aromatic N) is 4. The summed E-state index contributed by atoms with van der Waals surface area (Å²) >= 11 is 0. The van der Waals surface area contributed by atoms with E-state index in [9.17, 15) is 0 Å². The van der Waals surface area contributed by atoms with Gasteiger partial charge in [-0.2, -0.15) is 0 Å². The van der Waals surface area contributed by atoms with Crippen LogP contribution < -0.4 is 4.90 Å².